The molecule has 0 saturated heterocycles. The number of allylic oxidation sites excluding steroid dienone is 1. The van der Waals surface area contributed by atoms with E-state index >= 15 is 0 Å². The van der Waals surface area contributed by atoms with Gasteiger partial charge in [-0.2, -0.15) is 5.26 Å². The smallest absolute Gasteiger partial charge is 0.164 e. The Morgan fingerprint density at radius 1 is 1.20 bits per heavy atom. The average Bonchev–Trinajstić information content (AvgIpc) is 2.34. The van der Waals surface area contributed by atoms with Gasteiger partial charge in [-0.15, -0.1) is 10.2 Å². The van der Waals surface area contributed by atoms with Crippen LogP contribution in [0.5, 0.6) is 0 Å². The summed E-state index contributed by atoms with van der Waals surface area (Å²) in [5.74, 6) is 0. The van der Waals surface area contributed by atoms with Crippen molar-refractivity contribution in [2.75, 3.05) is 14.1 Å². The van der Waals surface area contributed by atoms with Crippen LogP contribution in [0.1, 0.15) is 11.1 Å². The molecule has 108 valence electrons. The van der Waals surface area contributed by atoms with Gasteiger partial charge in [0.25, 0.3) is 0 Å². The molecule has 1 rings (SSSR count). The standard InChI is InChI=1S/C12H12ClN2.ClHO4/c1-15(2)8-7-12(13)11-5-3-10(9-14)4-6-11;2-1(3,4)5/h3-8H,1-2H3;(H,2,3,4,5)/q+1;/p-1/b12-7-;. The zero-order valence-electron chi connectivity index (χ0n) is 10.7. The second-order valence-electron chi connectivity index (χ2n) is 3.69. The van der Waals surface area contributed by atoms with Crippen molar-refractivity contribution in [3.8, 4) is 6.07 Å². The van der Waals surface area contributed by atoms with Crippen LogP contribution in [0.2, 0.25) is 0 Å². The molecule has 0 aliphatic heterocycles. The minimum absolute atomic E-state index is 0.639. The maximum absolute atomic E-state index is 8.63. The van der Waals surface area contributed by atoms with E-state index in [0.717, 1.165) is 5.56 Å². The highest BCUT2D eigenvalue weighted by Gasteiger charge is 1.97. The highest BCUT2D eigenvalue weighted by atomic mass is 35.7. The fourth-order valence-electron chi connectivity index (χ4n) is 1.01. The highest BCUT2D eigenvalue weighted by molar-refractivity contribution is 6.49. The van der Waals surface area contributed by atoms with Crippen molar-refractivity contribution in [2.24, 2.45) is 0 Å². The molecule has 0 bridgehead atoms. The molecule has 1 aromatic rings. The summed E-state index contributed by atoms with van der Waals surface area (Å²) in [5.41, 5.74) is 1.55. The van der Waals surface area contributed by atoms with Crippen molar-refractivity contribution in [3.63, 3.8) is 0 Å². The molecule has 0 amide bonds. The maximum atomic E-state index is 8.63. The second kappa shape index (κ2) is 8.66. The van der Waals surface area contributed by atoms with Crippen LogP contribution in [0.25, 0.3) is 5.03 Å². The van der Waals surface area contributed by atoms with E-state index in [1.807, 2.05) is 43.1 Å². The molecule has 0 spiro atoms. The van der Waals surface area contributed by atoms with Gasteiger partial charge in [0.15, 0.2) is 6.21 Å². The van der Waals surface area contributed by atoms with Crippen LogP contribution in [-0.4, -0.2) is 24.9 Å². The molecule has 20 heavy (non-hydrogen) atoms. The highest BCUT2D eigenvalue weighted by Crippen LogP contribution is 2.18. The predicted octanol–water partition coefficient (Wildman–Crippen LogP) is -2.28. The molecule has 0 N–H and O–H groups in total. The summed E-state index contributed by atoms with van der Waals surface area (Å²) in [6.45, 7) is 0. The lowest BCUT2D eigenvalue weighted by atomic mass is 10.1. The van der Waals surface area contributed by atoms with Crippen molar-refractivity contribution in [2.45, 2.75) is 0 Å². The van der Waals surface area contributed by atoms with E-state index in [2.05, 4.69) is 6.07 Å². The molecule has 0 aliphatic rings. The number of rotatable bonds is 2. The molecule has 0 saturated carbocycles. The minimum atomic E-state index is -4.94. The Hall–Kier alpha value is -1.46. The first kappa shape index (κ1) is 18.5. The van der Waals surface area contributed by atoms with Crippen LogP contribution in [0, 0.1) is 21.6 Å². The van der Waals surface area contributed by atoms with E-state index in [-0.39, 0.29) is 0 Å². The molecule has 0 atom stereocenters. The average molecular weight is 319 g/mol. The van der Waals surface area contributed by atoms with Crippen molar-refractivity contribution in [1.82, 2.24) is 0 Å². The Kier molecular flexibility index (Phi) is 8.03. The van der Waals surface area contributed by atoms with Crippen molar-refractivity contribution >= 4 is 22.8 Å². The quantitative estimate of drug-likeness (QED) is 0.449. The van der Waals surface area contributed by atoms with Crippen LogP contribution >= 0.6 is 11.6 Å². The van der Waals surface area contributed by atoms with Crippen molar-refractivity contribution < 1.29 is 33.5 Å². The Bertz CT molecular complexity index is 518. The molecule has 0 fully saturated rings. The van der Waals surface area contributed by atoms with E-state index in [9.17, 15) is 0 Å². The SMILES string of the molecule is C[N+](C)=C/C=C(\Cl)c1ccc(C#N)cc1.[O-][Cl+3]([O-])([O-])[O-]. The fraction of sp³-hybridized carbons (Fsp3) is 0.167. The van der Waals surface area contributed by atoms with E-state index in [1.54, 1.807) is 12.1 Å². The second-order valence-corrected chi connectivity index (χ2v) is 4.86. The van der Waals surface area contributed by atoms with Gasteiger partial charge in [0.1, 0.15) is 14.1 Å². The largest absolute Gasteiger partial charge is 0.241 e. The zero-order valence-corrected chi connectivity index (χ0v) is 12.3. The van der Waals surface area contributed by atoms with Gasteiger partial charge in [0.2, 0.25) is 0 Å². The number of hydrogen-bond donors (Lipinski definition) is 0. The first-order valence-electron chi connectivity index (χ1n) is 5.13. The van der Waals surface area contributed by atoms with E-state index < -0.39 is 10.2 Å². The number of benzene rings is 1. The third kappa shape index (κ3) is 10.5. The topological polar surface area (TPSA) is 119 Å². The van der Waals surface area contributed by atoms with E-state index in [4.69, 9.17) is 35.5 Å². The molecular weight excluding hydrogens is 307 g/mol. The first-order valence-corrected chi connectivity index (χ1v) is 6.74. The Balaban J connectivity index is 0.000000621. The summed E-state index contributed by atoms with van der Waals surface area (Å²) < 4.78 is 35.9. The summed E-state index contributed by atoms with van der Waals surface area (Å²) >= 11 is 6.07. The summed E-state index contributed by atoms with van der Waals surface area (Å²) in [6, 6.07) is 9.24. The third-order valence-electron chi connectivity index (χ3n) is 1.81. The van der Waals surface area contributed by atoms with Gasteiger partial charge in [-0.3, -0.25) is 0 Å². The van der Waals surface area contributed by atoms with Gasteiger partial charge in [-0.1, -0.05) is 23.7 Å². The van der Waals surface area contributed by atoms with Gasteiger partial charge >= 0.3 is 0 Å². The molecule has 1 aromatic carbocycles. The molecule has 0 heterocycles. The lowest BCUT2D eigenvalue weighted by Gasteiger charge is -2.17. The van der Waals surface area contributed by atoms with Crippen LogP contribution in [0.15, 0.2) is 30.3 Å². The molecule has 0 radical (unpaired) electrons. The zero-order chi connectivity index (χ0) is 15.8. The lowest BCUT2D eigenvalue weighted by Crippen LogP contribution is -2.68. The summed E-state index contributed by atoms with van der Waals surface area (Å²) in [5, 5.41) is 9.29. The van der Waals surface area contributed by atoms with Crippen LogP contribution < -0.4 is 18.6 Å². The Morgan fingerprint density at radius 3 is 2.00 bits per heavy atom. The Labute approximate surface area is 123 Å². The molecule has 0 unspecified atom stereocenters. The summed E-state index contributed by atoms with van der Waals surface area (Å²) in [6.07, 6.45) is 3.70. The summed E-state index contributed by atoms with van der Waals surface area (Å²) in [4.78, 5) is 0. The monoisotopic (exact) mass is 318 g/mol. The molecule has 0 aromatic heterocycles. The van der Waals surface area contributed by atoms with Crippen LogP contribution in [0.4, 0.5) is 0 Å². The molecule has 8 heteroatoms. The number of halogens is 2. The normalized spacial score (nSPS) is 11.0. The molecular formula is C12H12Cl2N2O4. The third-order valence-corrected chi connectivity index (χ3v) is 2.15. The van der Waals surface area contributed by atoms with Crippen LogP contribution in [0.3, 0.4) is 0 Å². The number of nitriles is 1. The fourth-order valence-corrected chi connectivity index (χ4v) is 1.20. The van der Waals surface area contributed by atoms with Gasteiger partial charge in [-0.05, 0) is 17.7 Å². The number of nitrogens with zero attached hydrogens (tertiary/aromatic N) is 2. The van der Waals surface area contributed by atoms with Gasteiger partial charge in [0, 0.05) is 6.08 Å². The lowest BCUT2D eigenvalue weighted by molar-refractivity contribution is -2.00. The number of hydrogen-bond acceptors (Lipinski definition) is 5. The first-order chi connectivity index (χ1) is 9.13. The Morgan fingerprint density at radius 2 is 1.65 bits per heavy atom. The molecule has 0 aliphatic carbocycles. The van der Waals surface area contributed by atoms with Gasteiger partial charge in [-0.25, -0.2) is 23.2 Å². The van der Waals surface area contributed by atoms with E-state index in [1.165, 1.54) is 0 Å². The minimum Gasteiger partial charge on any atom is -0.241 e. The van der Waals surface area contributed by atoms with Crippen molar-refractivity contribution in [1.29, 1.82) is 5.26 Å². The van der Waals surface area contributed by atoms with Gasteiger partial charge in [0.05, 0.1) is 16.7 Å². The molecule has 6 nitrogen and oxygen atoms in total. The maximum Gasteiger partial charge on any atom is 0.164 e. The van der Waals surface area contributed by atoms with E-state index in [0.29, 0.717) is 10.6 Å². The van der Waals surface area contributed by atoms with Crippen molar-refractivity contribution in [3.05, 3.63) is 41.5 Å². The van der Waals surface area contributed by atoms with Crippen LogP contribution in [-0.2, 0) is 0 Å². The predicted molar refractivity (Wildman–Crippen MR) is 63.2 cm³/mol. The van der Waals surface area contributed by atoms with Gasteiger partial charge < -0.3 is 0 Å². The summed E-state index contributed by atoms with van der Waals surface area (Å²) in [7, 11) is -1.08.